The lowest BCUT2D eigenvalue weighted by molar-refractivity contribution is -0.0503. The van der Waals surface area contributed by atoms with Crippen LogP contribution in [0, 0.1) is 46.3 Å². The van der Waals surface area contributed by atoms with Crippen LogP contribution >= 0.6 is 0 Å². The summed E-state index contributed by atoms with van der Waals surface area (Å²) in [6.45, 7) is 12.8. The van der Waals surface area contributed by atoms with Crippen LogP contribution in [0.3, 0.4) is 0 Å². The molecular formula is C23H38. The van der Waals surface area contributed by atoms with Gasteiger partial charge in [0.15, 0.2) is 0 Å². The lowest BCUT2D eigenvalue weighted by Gasteiger charge is -2.58. The Labute approximate surface area is 144 Å². The van der Waals surface area contributed by atoms with Crippen molar-refractivity contribution < 1.29 is 0 Å². The highest BCUT2D eigenvalue weighted by Crippen LogP contribution is 2.67. The van der Waals surface area contributed by atoms with Gasteiger partial charge in [0.2, 0.25) is 0 Å². The number of hydrogen-bond donors (Lipinski definition) is 0. The van der Waals surface area contributed by atoms with Crippen molar-refractivity contribution >= 4 is 0 Å². The van der Waals surface area contributed by atoms with Gasteiger partial charge in [-0.05, 0) is 97.7 Å². The van der Waals surface area contributed by atoms with E-state index in [2.05, 4.69) is 40.7 Å². The van der Waals surface area contributed by atoms with Gasteiger partial charge in [-0.3, -0.25) is 0 Å². The summed E-state index contributed by atoms with van der Waals surface area (Å²) in [5, 5.41) is 0. The number of rotatable bonds is 1. The summed E-state index contributed by atoms with van der Waals surface area (Å²) in [5.74, 6) is 5.80. The molecule has 0 nitrogen and oxygen atoms in total. The molecule has 0 aromatic carbocycles. The first-order chi connectivity index (χ1) is 10.9. The molecular weight excluding hydrogens is 276 g/mol. The van der Waals surface area contributed by atoms with Gasteiger partial charge in [-0.25, -0.2) is 0 Å². The largest absolute Gasteiger partial charge is 0.0845 e. The molecule has 0 saturated heterocycles. The summed E-state index contributed by atoms with van der Waals surface area (Å²) in [6, 6.07) is 0. The average molecular weight is 315 g/mol. The first-order valence-electron chi connectivity index (χ1n) is 10.6. The quantitative estimate of drug-likeness (QED) is 0.464. The van der Waals surface area contributed by atoms with Crippen molar-refractivity contribution in [3.63, 3.8) is 0 Å². The molecule has 0 amide bonds. The molecule has 130 valence electrons. The van der Waals surface area contributed by atoms with E-state index >= 15 is 0 Å². The van der Waals surface area contributed by atoms with Gasteiger partial charge in [-0.1, -0.05) is 46.3 Å². The lowest BCUT2D eigenvalue weighted by Crippen LogP contribution is -2.50. The second kappa shape index (κ2) is 5.37. The molecule has 0 N–H and O–H groups in total. The Balaban J connectivity index is 1.65. The molecule has 0 aromatic rings. The molecule has 7 atom stereocenters. The summed E-state index contributed by atoms with van der Waals surface area (Å²) in [6.07, 6.45) is 14.5. The molecule has 23 heavy (non-hydrogen) atoms. The van der Waals surface area contributed by atoms with E-state index in [0.717, 1.165) is 35.5 Å². The minimum absolute atomic E-state index is 0.562. The number of allylic oxidation sites excluding steroid dienone is 2. The van der Waals surface area contributed by atoms with E-state index in [1.807, 2.05) is 5.57 Å². The van der Waals surface area contributed by atoms with Crippen molar-refractivity contribution in [3.8, 4) is 0 Å². The Kier molecular flexibility index (Phi) is 3.79. The lowest BCUT2D eigenvalue weighted by atomic mass is 9.46. The topological polar surface area (TPSA) is 0 Å². The summed E-state index contributed by atoms with van der Waals surface area (Å²) in [5.41, 5.74) is 3.07. The highest BCUT2D eigenvalue weighted by Gasteiger charge is 2.58. The Hall–Kier alpha value is -0.260. The standard InChI is InChI=1S/C23H38/c1-15(2)19-8-9-20-18-7-6-17-14-16(3)10-12-22(17,4)21(18)11-13-23(19,20)5/h6,15-16,18-21H,7-14H2,1-5H3/t16-,18?,19+,20?,21?,22-,23+/m0/s1. The van der Waals surface area contributed by atoms with Crippen LogP contribution < -0.4 is 0 Å². The molecule has 0 bridgehead atoms. The normalized spacial score (nSPS) is 52.6. The molecule has 3 saturated carbocycles. The molecule has 3 unspecified atom stereocenters. The Bertz CT molecular complexity index is 500. The molecule has 0 spiro atoms. The monoisotopic (exact) mass is 314 g/mol. The molecule has 0 heteroatoms. The third-order valence-corrected chi connectivity index (χ3v) is 9.23. The minimum atomic E-state index is 0.562. The fourth-order valence-corrected chi connectivity index (χ4v) is 7.98. The fourth-order valence-electron chi connectivity index (χ4n) is 7.98. The molecule has 4 aliphatic rings. The van der Waals surface area contributed by atoms with Crippen LogP contribution in [0.25, 0.3) is 0 Å². The Morgan fingerprint density at radius 2 is 1.78 bits per heavy atom. The summed E-state index contributed by atoms with van der Waals surface area (Å²) < 4.78 is 0. The van der Waals surface area contributed by atoms with Crippen LogP contribution in [0.1, 0.15) is 86.0 Å². The Morgan fingerprint density at radius 3 is 2.52 bits per heavy atom. The van der Waals surface area contributed by atoms with Gasteiger partial charge in [0.25, 0.3) is 0 Å². The zero-order valence-electron chi connectivity index (χ0n) is 16.2. The third kappa shape index (κ3) is 2.22. The molecule has 4 rings (SSSR count). The van der Waals surface area contributed by atoms with Crippen molar-refractivity contribution in [1.82, 2.24) is 0 Å². The van der Waals surface area contributed by atoms with E-state index < -0.39 is 0 Å². The summed E-state index contributed by atoms with van der Waals surface area (Å²) >= 11 is 0. The highest BCUT2D eigenvalue weighted by molar-refractivity contribution is 5.25. The molecule has 3 fully saturated rings. The van der Waals surface area contributed by atoms with Crippen LogP contribution in [0.15, 0.2) is 11.6 Å². The number of fused-ring (bicyclic) bond motifs is 5. The van der Waals surface area contributed by atoms with Crippen molar-refractivity contribution in [2.45, 2.75) is 86.0 Å². The SMILES string of the molecule is CC(C)[C@H]1CCC2C3CC=C4C[C@@H](C)CC[C@]4(C)C3CC[C@@]21C. The predicted molar refractivity (Wildman–Crippen MR) is 99.2 cm³/mol. The highest BCUT2D eigenvalue weighted by atomic mass is 14.6. The Morgan fingerprint density at radius 1 is 1.00 bits per heavy atom. The van der Waals surface area contributed by atoms with Gasteiger partial charge >= 0.3 is 0 Å². The zero-order chi connectivity index (χ0) is 16.4. The van der Waals surface area contributed by atoms with Crippen LogP contribution in [0.5, 0.6) is 0 Å². The van der Waals surface area contributed by atoms with Gasteiger partial charge in [0, 0.05) is 0 Å². The van der Waals surface area contributed by atoms with Crippen molar-refractivity contribution in [1.29, 1.82) is 0 Å². The second-order valence-electron chi connectivity index (χ2n) is 10.6. The third-order valence-electron chi connectivity index (χ3n) is 9.23. The first-order valence-corrected chi connectivity index (χ1v) is 10.6. The van der Waals surface area contributed by atoms with Gasteiger partial charge in [-0.15, -0.1) is 0 Å². The minimum Gasteiger partial charge on any atom is -0.0845 e. The number of hydrogen-bond acceptors (Lipinski definition) is 0. The molecule has 0 aromatic heterocycles. The van der Waals surface area contributed by atoms with E-state index in [-0.39, 0.29) is 0 Å². The van der Waals surface area contributed by atoms with E-state index in [1.165, 1.54) is 51.4 Å². The first kappa shape index (κ1) is 16.2. The van der Waals surface area contributed by atoms with Crippen LogP contribution in [0.2, 0.25) is 0 Å². The maximum Gasteiger partial charge on any atom is -0.00851 e. The van der Waals surface area contributed by atoms with Gasteiger partial charge in [0.05, 0.1) is 0 Å². The fraction of sp³-hybridized carbons (Fsp3) is 0.913. The van der Waals surface area contributed by atoms with E-state index in [1.54, 1.807) is 0 Å². The second-order valence-corrected chi connectivity index (χ2v) is 10.6. The van der Waals surface area contributed by atoms with Crippen LogP contribution in [-0.2, 0) is 0 Å². The van der Waals surface area contributed by atoms with Crippen molar-refractivity contribution in [3.05, 3.63) is 11.6 Å². The maximum absolute atomic E-state index is 2.73. The van der Waals surface area contributed by atoms with Crippen LogP contribution in [-0.4, -0.2) is 0 Å². The summed E-state index contributed by atoms with van der Waals surface area (Å²) in [7, 11) is 0. The van der Waals surface area contributed by atoms with Gasteiger partial charge in [-0.2, -0.15) is 0 Å². The maximum atomic E-state index is 2.73. The van der Waals surface area contributed by atoms with Crippen molar-refractivity contribution in [2.75, 3.05) is 0 Å². The molecule has 0 aliphatic heterocycles. The van der Waals surface area contributed by atoms with Crippen molar-refractivity contribution in [2.24, 2.45) is 46.3 Å². The van der Waals surface area contributed by atoms with E-state index in [4.69, 9.17) is 0 Å². The molecule has 4 aliphatic carbocycles. The average Bonchev–Trinajstić information content (AvgIpc) is 2.85. The predicted octanol–water partition coefficient (Wildman–Crippen LogP) is 6.86. The van der Waals surface area contributed by atoms with Gasteiger partial charge < -0.3 is 0 Å². The van der Waals surface area contributed by atoms with E-state index in [9.17, 15) is 0 Å². The molecule has 0 heterocycles. The summed E-state index contributed by atoms with van der Waals surface area (Å²) in [4.78, 5) is 0. The zero-order valence-corrected chi connectivity index (χ0v) is 16.2. The smallest absolute Gasteiger partial charge is 0.00851 e. The van der Waals surface area contributed by atoms with Gasteiger partial charge in [0.1, 0.15) is 0 Å². The molecule has 0 radical (unpaired) electrons. The van der Waals surface area contributed by atoms with E-state index in [0.29, 0.717) is 10.8 Å². The van der Waals surface area contributed by atoms with Crippen LogP contribution in [0.4, 0.5) is 0 Å².